The summed E-state index contributed by atoms with van der Waals surface area (Å²) in [7, 11) is 0. The van der Waals surface area contributed by atoms with Gasteiger partial charge in [-0.15, -0.1) is 0 Å². The third-order valence-corrected chi connectivity index (χ3v) is 3.23. The lowest BCUT2D eigenvalue weighted by molar-refractivity contribution is 0.138. The number of carbonyl (C=O) groups is 1. The SMILES string of the molecule is O=C(O)N1CCC[C@@H]1CCc1ccccc1. The van der Waals surface area contributed by atoms with E-state index in [-0.39, 0.29) is 6.04 Å². The van der Waals surface area contributed by atoms with Crippen LogP contribution in [0.2, 0.25) is 0 Å². The average molecular weight is 219 g/mol. The van der Waals surface area contributed by atoms with Gasteiger partial charge < -0.3 is 10.0 Å². The van der Waals surface area contributed by atoms with E-state index >= 15 is 0 Å². The van der Waals surface area contributed by atoms with Gasteiger partial charge in [0.05, 0.1) is 0 Å². The third kappa shape index (κ3) is 2.54. The average Bonchev–Trinajstić information content (AvgIpc) is 2.76. The van der Waals surface area contributed by atoms with Crippen molar-refractivity contribution in [2.45, 2.75) is 31.7 Å². The second-order valence-corrected chi connectivity index (χ2v) is 4.30. The molecule has 16 heavy (non-hydrogen) atoms. The molecule has 1 aliphatic rings. The van der Waals surface area contributed by atoms with E-state index < -0.39 is 6.09 Å². The number of benzene rings is 1. The Bertz CT molecular complexity index is 350. The lowest BCUT2D eigenvalue weighted by Crippen LogP contribution is -2.34. The molecule has 1 aliphatic heterocycles. The number of hydrogen-bond acceptors (Lipinski definition) is 1. The second-order valence-electron chi connectivity index (χ2n) is 4.30. The van der Waals surface area contributed by atoms with Gasteiger partial charge in [-0.05, 0) is 31.2 Å². The Labute approximate surface area is 95.7 Å². The van der Waals surface area contributed by atoms with Crippen molar-refractivity contribution < 1.29 is 9.90 Å². The van der Waals surface area contributed by atoms with Crippen LogP contribution in [0, 0.1) is 0 Å². The molecule has 1 amide bonds. The van der Waals surface area contributed by atoms with Crippen LogP contribution in [0.15, 0.2) is 30.3 Å². The minimum absolute atomic E-state index is 0.220. The van der Waals surface area contributed by atoms with Crippen LogP contribution in [0.1, 0.15) is 24.8 Å². The number of nitrogens with zero attached hydrogens (tertiary/aromatic N) is 1. The second kappa shape index (κ2) is 5.01. The molecule has 3 nitrogen and oxygen atoms in total. The topological polar surface area (TPSA) is 40.5 Å². The van der Waals surface area contributed by atoms with Gasteiger partial charge in [-0.1, -0.05) is 30.3 Å². The highest BCUT2D eigenvalue weighted by molar-refractivity contribution is 5.65. The fraction of sp³-hybridized carbons (Fsp3) is 0.462. The van der Waals surface area contributed by atoms with Gasteiger partial charge >= 0.3 is 6.09 Å². The van der Waals surface area contributed by atoms with Gasteiger partial charge in [-0.2, -0.15) is 0 Å². The van der Waals surface area contributed by atoms with Crippen LogP contribution in [-0.2, 0) is 6.42 Å². The summed E-state index contributed by atoms with van der Waals surface area (Å²) in [5, 5.41) is 9.01. The van der Waals surface area contributed by atoms with E-state index in [1.807, 2.05) is 18.2 Å². The molecular formula is C13H17NO2. The van der Waals surface area contributed by atoms with E-state index in [1.165, 1.54) is 5.56 Å². The highest BCUT2D eigenvalue weighted by Gasteiger charge is 2.27. The van der Waals surface area contributed by atoms with Gasteiger partial charge in [0.2, 0.25) is 0 Å². The molecule has 0 unspecified atom stereocenters. The molecule has 0 saturated carbocycles. The molecule has 0 radical (unpaired) electrons. The van der Waals surface area contributed by atoms with Crippen molar-refractivity contribution in [3.8, 4) is 0 Å². The molecule has 86 valence electrons. The fourth-order valence-corrected chi connectivity index (χ4v) is 2.37. The van der Waals surface area contributed by atoms with Crippen molar-refractivity contribution in [3.63, 3.8) is 0 Å². The summed E-state index contributed by atoms with van der Waals surface area (Å²) in [5.41, 5.74) is 1.29. The molecule has 3 heteroatoms. The molecule has 0 bridgehead atoms. The van der Waals surface area contributed by atoms with E-state index in [4.69, 9.17) is 5.11 Å². The lowest BCUT2D eigenvalue weighted by atomic mass is 10.0. The first-order valence-electron chi connectivity index (χ1n) is 5.81. The monoisotopic (exact) mass is 219 g/mol. The van der Waals surface area contributed by atoms with Crippen molar-refractivity contribution in [1.82, 2.24) is 4.90 Å². The lowest BCUT2D eigenvalue weighted by Gasteiger charge is -2.21. The van der Waals surface area contributed by atoms with Crippen molar-refractivity contribution >= 4 is 6.09 Å². The van der Waals surface area contributed by atoms with Crippen LogP contribution < -0.4 is 0 Å². The Kier molecular flexibility index (Phi) is 3.44. The van der Waals surface area contributed by atoms with Crippen LogP contribution in [0.5, 0.6) is 0 Å². The summed E-state index contributed by atoms with van der Waals surface area (Å²) in [6.07, 6.45) is 3.16. The number of amides is 1. The van der Waals surface area contributed by atoms with E-state index in [9.17, 15) is 4.79 Å². The smallest absolute Gasteiger partial charge is 0.407 e. The normalized spacial score (nSPS) is 20.0. The maximum atomic E-state index is 10.9. The third-order valence-electron chi connectivity index (χ3n) is 3.23. The summed E-state index contributed by atoms with van der Waals surface area (Å²) < 4.78 is 0. The number of carboxylic acid groups (broad SMARTS) is 1. The molecule has 1 aromatic carbocycles. The van der Waals surface area contributed by atoms with Gasteiger partial charge in [0.25, 0.3) is 0 Å². The summed E-state index contributed by atoms with van der Waals surface area (Å²) in [4.78, 5) is 12.5. The van der Waals surface area contributed by atoms with Crippen LogP contribution in [0.25, 0.3) is 0 Å². The minimum Gasteiger partial charge on any atom is -0.465 e. The van der Waals surface area contributed by atoms with E-state index in [2.05, 4.69) is 12.1 Å². The van der Waals surface area contributed by atoms with Crippen LogP contribution in [-0.4, -0.2) is 28.7 Å². The zero-order valence-corrected chi connectivity index (χ0v) is 9.30. The first-order chi connectivity index (χ1) is 7.77. The largest absolute Gasteiger partial charge is 0.465 e. The van der Waals surface area contributed by atoms with Crippen molar-refractivity contribution in [2.75, 3.05) is 6.54 Å². The Morgan fingerprint density at radius 2 is 2.12 bits per heavy atom. The number of aryl methyl sites for hydroxylation is 1. The highest BCUT2D eigenvalue weighted by Crippen LogP contribution is 2.21. The van der Waals surface area contributed by atoms with Crippen molar-refractivity contribution in [1.29, 1.82) is 0 Å². The number of hydrogen-bond donors (Lipinski definition) is 1. The summed E-state index contributed by atoms with van der Waals surface area (Å²) in [6, 6.07) is 10.5. The standard InChI is InChI=1S/C13H17NO2/c15-13(16)14-10-4-7-12(14)9-8-11-5-2-1-3-6-11/h1-3,5-6,12H,4,7-10H2,(H,15,16)/t12-/m1/s1. The molecule has 1 atom stereocenters. The highest BCUT2D eigenvalue weighted by atomic mass is 16.4. The summed E-state index contributed by atoms with van der Waals surface area (Å²) in [5.74, 6) is 0. The predicted octanol–water partition coefficient (Wildman–Crippen LogP) is 2.76. The first kappa shape index (κ1) is 11.0. The summed E-state index contributed by atoms with van der Waals surface area (Å²) >= 11 is 0. The molecule has 1 heterocycles. The maximum absolute atomic E-state index is 10.9. The van der Waals surface area contributed by atoms with Crippen LogP contribution in [0.3, 0.4) is 0 Å². The Morgan fingerprint density at radius 1 is 1.38 bits per heavy atom. The van der Waals surface area contributed by atoms with E-state index in [0.717, 1.165) is 25.7 Å². The quantitative estimate of drug-likeness (QED) is 0.849. The molecule has 1 aromatic rings. The van der Waals surface area contributed by atoms with Crippen molar-refractivity contribution in [3.05, 3.63) is 35.9 Å². The van der Waals surface area contributed by atoms with Gasteiger partial charge in [-0.25, -0.2) is 4.79 Å². The fourth-order valence-electron chi connectivity index (χ4n) is 2.37. The molecular weight excluding hydrogens is 202 g/mol. The molecule has 1 saturated heterocycles. The Balaban J connectivity index is 1.88. The first-order valence-corrected chi connectivity index (χ1v) is 5.81. The molecule has 0 aliphatic carbocycles. The van der Waals surface area contributed by atoms with E-state index in [1.54, 1.807) is 4.90 Å². The van der Waals surface area contributed by atoms with E-state index in [0.29, 0.717) is 6.54 Å². The Hall–Kier alpha value is -1.51. The van der Waals surface area contributed by atoms with Gasteiger partial charge in [-0.3, -0.25) is 0 Å². The molecule has 0 spiro atoms. The van der Waals surface area contributed by atoms with Gasteiger partial charge in [0.1, 0.15) is 0 Å². The van der Waals surface area contributed by atoms with Gasteiger partial charge in [0, 0.05) is 12.6 Å². The number of likely N-dealkylation sites (tertiary alicyclic amines) is 1. The van der Waals surface area contributed by atoms with Gasteiger partial charge in [0.15, 0.2) is 0 Å². The zero-order chi connectivity index (χ0) is 11.4. The minimum atomic E-state index is -0.768. The predicted molar refractivity (Wildman–Crippen MR) is 62.5 cm³/mol. The van der Waals surface area contributed by atoms with Crippen molar-refractivity contribution in [2.24, 2.45) is 0 Å². The molecule has 1 fully saturated rings. The molecule has 2 rings (SSSR count). The summed E-state index contributed by atoms with van der Waals surface area (Å²) in [6.45, 7) is 0.703. The van der Waals surface area contributed by atoms with Crippen LogP contribution >= 0.6 is 0 Å². The molecule has 1 N–H and O–H groups in total. The zero-order valence-electron chi connectivity index (χ0n) is 9.30. The van der Waals surface area contributed by atoms with Crippen LogP contribution in [0.4, 0.5) is 4.79 Å². The molecule has 0 aromatic heterocycles. The maximum Gasteiger partial charge on any atom is 0.407 e. The Morgan fingerprint density at radius 3 is 2.81 bits per heavy atom. The number of rotatable bonds is 3.